The number of pyridine rings is 1. The number of benzene rings is 1. The molecule has 2 amide bonds. The molecule has 1 saturated heterocycles. The Labute approximate surface area is 167 Å². The van der Waals surface area contributed by atoms with Crippen LogP contribution < -0.4 is 10.9 Å². The first kappa shape index (κ1) is 18.9. The Morgan fingerprint density at radius 1 is 1.24 bits per heavy atom. The fourth-order valence-electron chi connectivity index (χ4n) is 4.09. The zero-order valence-corrected chi connectivity index (χ0v) is 16.6. The summed E-state index contributed by atoms with van der Waals surface area (Å²) in [5.74, 6) is -0.290. The molecule has 3 heterocycles. The van der Waals surface area contributed by atoms with Crippen LogP contribution in [0.15, 0.2) is 41.3 Å². The number of nitrogens with zero attached hydrogens (tertiary/aromatic N) is 3. The number of hydrogen-bond donors (Lipinski definition) is 2. The van der Waals surface area contributed by atoms with Crippen molar-refractivity contribution in [1.82, 2.24) is 25.0 Å². The van der Waals surface area contributed by atoms with E-state index in [9.17, 15) is 14.4 Å². The number of para-hydroxylation sites is 1. The third kappa shape index (κ3) is 3.30. The Kier molecular flexibility index (Phi) is 4.70. The highest BCUT2D eigenvalue weighted by Crippen LogP contribution is 2.37. The summed E-state index contributed by atoms with van der Waals surface area (Å²) in [5.41, 5.74) is 2.66. The molecule has 0 spiro atoms. The van der Waals surface area contributed by atoms with Crippen molar-refractivity contribution in [2.24, 2.45) is 13.0 Å². The van der Waals surface area contributed by atoms with E-state index in [1.54, 1.807) is 41.0 Å². The van der Waals surface area contributed by atoms with E-state index in [0.29, 0.717) is 24.0 Å². The van der Waals surface area contributed by atoms with Crippen LogP contribution >= 0.6 is 0 Å². The van der Waals surface area contributed by atoms with Crippen molar-refractivity contribution in [3.8, 4) is 0 Å². The number of aryl methyl sites for hydroxylation is 1. The molecule has 0 unspecified atom stereocenters. The van der Waals surface area contributed by atoms with E-state index < -0.39 is 0 Å². The number of fused-ring (bicyclic) bond motifs is 1. The van der Waals surface area contributed by atoms with Gasteiger partial charge in [-0.15, -0.1) is 0 Å². The molecule has 0 radical (unpaired) electrons. The summed E-state index contributed by atoms with van der Waals surface area (Å²) < 4.78 is 1.79. The summed E-state index contributed by atoms with van der Waals surface area (Å²) in [6.45, 7) is 2.32. The first-order chi connectivity index (χ1) is 13.9. The van der Waals surface area contributed by atoms with E-state index in [4.69, 9.17) is 0 Å². The van der Waals surface area contributed by atoms with Crippen molar-refractivity contribution in [3.63, 3.8) is 0 Å². The fourth-order valence-corrected chi connectivity index (χ4v) is 4.09. The van der Waals surface area contributed by atoms with E-state index in [0.717, 1.165) is 16.6 Å². The molecule has 2 aromatic heterocycles. The predicted octanol–water partition coefficient (Wildman–Crippen LogP) is 1.52. The second-order valence-electron chi connectivity index (χ2n) is 7.53. The van der Waals surface area contributed by atoms with Crippen molar-refractivity contribution >= 4 is 22.7 Å². The first-order valence-corrected chi connectivity index (χ1v) is 9.51. The maximum absolute atomic E-state index is 12.9. The van der Waals surface area contributed by atoms with Gasteiger partial charge in [0.05, 0.1) is 23.3 Å². The van der Waals surface area contributed by atoms with Crippen LogP contribution in [0.4, 0.5) is 0 Å². The lowest BCUT2D eigenvalue weighted by molar-refractivity contribution is -0.127. The van der Waals surface area contributed by atoms with Crippen molar-refractivity contribution in [2.75, 3.05) is 13.6 Å². The van der Waals surface area contributed by atoms with E-state index >= 15 is 0 Å². The molecule has 150 valence electrons. The van der Waals surface area contributed by atoms with Crippen LogP contribution in [0, 0.1) is 12.8 Å². The summed E-state index contributed by atoms with van der Waals surface area (Å²) >= 11 is 0. The van der Waals surface area contributed by atoms with E-state index in [-0.39, 0.29) is 29.3 Å². The van der Waals surface area contributed by atoms with Crippen molar-refractivity contribution < 1.29 is 9.59 Å². The Morgan fingerprint density at radius 3 is 2.76 bits per heavy atom. The van der Waals surface area contributed by atoms with Gasteiger partial charge in [-0.2, -0.15) is 5.10 Å². The minimum Gasteiger partial charge on any atom is -0.352 e. The molecule has 1 aliphatic rings. The minimum atomic E-state index is -0.277. The highest BCUT2D eigenvalue weighted by molar-refractivity contribution is 6.05. The molecule has 1 aliphatic heterocycles. The van der Waals surface area contributed by atoms with Gasteiger partial charge in [-0.05, 0) is 24.4 Å². The number of aromatic amines is 1. The van der Waals surface area contributed by atoms with Gasteiger partial charge in [-0.3, -0.25) is 19.1 Å². The predicted molar refractivity (Wildman–Crippen MR) is 108 cm³/mol. The summed E-state index contributed by atoms with van der Waals surface area (Å²) in [4.78, 5) is 41.4. The monoisotopic (exact) mass is 393 g/mol. The number of nitrogens with one attached hydrogen (secondary N) is 2. The molecule has 0 aliphatic carbocycles. The van der Waals surface area contributed by atoms with Gasteiger partial charge in [0.15, 0.2) is 0 Å². The average Bonchev–Trinajstić information content (AvgIpc) is 3.17. The Balaban J connectivity index is 1.57. The Hall–Kier alpha value is -3.42. The average molecular weight is 393 g/mol. The molecule has 8 heteroatoms. The number of likely N-dealkylation sites (tertiary alicyclic amines) is 1. The van der Waals surface area contributed by atoms with Crippen molar-refractivity contribution in [1.29, 1.82) is 0 Å². The van der Waals surface area contributed by atoms with Gasteiger partial charge in [0, 0.05) is 50.3 Å². The third-order valence-electron chi connectivity index (χ3n) is 5.81. The lowest BCUT2D eigenvalue weighted by Crippen LogP contribution is -2.33. The van der Waals surface area contributed by atoms with Crippen LogP contribution in [0.5, 0.6) is 0 Å². The second-order valence-corrected chi connectivity index (χ2v) is 7.53. The normalized spacial score (nSPS) is 19.1. The fraction of sp³-hybridized carbons (Fsp3) is 0.333. The van der Waals surface area contributed by atoms with Gasteiger partial charge < -0.3 is 15.2 Å². The number of carbonyl (C=O) groups excluding carboxylic acids is 2. The number of H-pyrrole nitrogens is 1. The maximum Gasteiger partial charge on any atom is 0.253 e. The lowest BCUT2D eigenvalue weighted by Gasteiger charge is -2.25. The minimum absolute atomic E-state index is 0.0481. The highest BCUT2D eigenvalue weighted by Gasteiger charge is 2.40. The standard InChI is InChI=1S/C21H23N5O3/c1-12-16(11-23-26(12)3)20-14(9-18(28)25(20)2)10-22-21(29)15-6-4-5-13-7-8-17(27)24-19(13)15/h4-8,11,14,20H,9-10H2,1-3H3,(H,22,29)(H,24,27)/t14-,20+/m1/s1. The number of hydrogen-bond acceptors (Lipinski definition) is 4. The van der Waals surface area contributed by atoms with E-state index in [1.807, 2.05) is 20.0 Å². The lowest BCUT2D eigenvalue weighted by atomic mass is 9.94. The second kappa shape index (κ2) is 7.20. The Morgan fingerprint density at radius 2 is 2.03 bits per heavy atom. The van der Waals surface area contributed by atoms with Gasteiger partial charge in [0.25, 0.3) is 5.91 Å². The molecule has 1 fully saturated rings. The van der Waals surface area contributed by atoms with E-state index in [2.05, 4.69) is 15.4 Å². The van der Waals surface area contributed by atoms with Crippen molar-refractivity contribution in [3.05, 3.63) is 63.7 Å². The molecule has 0 saturated carbocycles. The van der Waals surface area contributed by atoms with E-state index in [1.165, 1.54) is 6.07 Å². The van der Waals surface area contributed by atoms with Gasteiger partial charge in [0.2, 0.25) is 11.5 Å². The zero-order chi connectivity index (χ0) is 20.7. The summed E-state index contributed by atoms with van der Waals surface area (Å²) in [6.07, 6.45) is 2.15. The number of aromatic nitrogens is 3. The molecule has 1 aromatic carbocycles. The van der Waals surface area contributed by atoms with Gasteiger partial charge in [-0.1, -0.05) is 12.1 Å². The first-order valence-electron chi connectivity index (χ1n) is 9.51. The molecule has 0 bridgehead atoms. The molecule has 8 nitrogen and oxygen atoms in total. The highest BCUT2D eigenvalue weighted by atomic mass is 16.2. The molecule has 2 N–H and O–H groups in total. The Bertz CT molecular complexity index is 1160. The quantitative estimate of drug-likeness (QED) is 0.702. The van der Waals surface area contributed by atoms with Crippen LogP contribution in [-0.2, 0) is 11.8 Å². The van der Waals surface area contributed by atoms with Gasteiger partial charge in [-0.25, -0.2) is 0 Å². The summed E-state index contributed by atoms with van der Waals surface area (Å²) in [7, 11) is 3.66. The smallest absolute Gasteiger partial charge is 0.253 e. The summed E-state index contributed by atoms with van der Waals surface area (Å²) in [6, 6.07) is 8.30. The number of carbonyl (C=O) groups is 2. The van der Waals surface area contributed by atoms with Gasteiger partial charge in [0.1, 0.15) is 0 Å². The van der Waals surface area contributed by atoms with Crippen LogP contribution in [0.1, 0.15) is 34.1 Å². The number of rotatable bonds is 4. The van der Waals surface area contributed by atoms with Crippen LogP contribution in [0.2, 0.25) is 0 Å². The SMILES string of the molecule is Cc1c([C@@H]2[C@@H](CNC(=O)c3cccc4ccc(=O)[nH]c34)CC(=O)N2C)cnn1C. The van der Waals surface area contributed by atoms with Crippen molar-refractivity contribution in [2.45, 2.75) is 19.4 Å². The van der Waals surface area contributed by atoms with Gasteiger partial charge >= 0.3 is 0 Å². The van der Waals surface area contributed by atoms with Crippen LogP contribution in [-0.4, -0.2) is 45.1 Å². The zero-order valence-electron chi connectivity index (χ0n) is 16.6. The topological polar surface area (TPSA) is 100 Å². The maximum atomic E-state index is 12.9. The molecular formula is C21H23N5O3. The molecule has 2 atom stereocenters. The largest absolute Gasteiger partial charge is 0.352 e. The molecule has 3 aromatic rings. The molecule has 4 rings (SSSR count). The summed E-state index contributed by atoms with van der Waals surface area (Å²) in [5, 5.41) is 8.04. The van der Waals surface area contributed by atoms with Crippen LogP contribution in [0.25, 0.3) is 10.9 Å². The number of amides is 2. The molecule has 29 heavy (non-hydrogen) atoms. The molecular weight excluding hydrogens is 370 g/mol. The third-order valence-corrected chi connectivity index (χ3v) is 5.81. The van der Waals surface area contributed by atoms with Crippen LogP contribution in [0.3, 0.4) is 0 Å².